The van der Waals surface area contributed by atoms with Gasteiger partial charge in [0.2, 0.25) is 0 Å². The zero-order valence-corrected chi connectivity index (χ0v) is 9.30. The molecule has 0 heteroatoms. The molecule has 1 aromatic carbocycles. The molecule has 1 rings (SSSR count). The van der Waals surface area contributed by atoms with Gasteiger partial charge in [0.1, 0.15) is 0 Å². The molecule has 0 unspecified atom stereocenters. The minimum absolute atomic E-state index is 1.03. The van der Waals surface area contributed by atoms with Crippen LogP contribution in [0.3, 0.4) is 0 Å². The quantitative estimate of drug-likeness (QED) is 0.622. The predicted molar refractivity (Wildman–Crippen MR) is 63.3 cm³/mol. The lowest BCUT2D eigenvalue weighted by molar-refractivity contribution is 1.09. The molecule has 0 aliphatic heterocycles. The fourth-order valence-corrected chi connectivity index (χ4v) is 1.40. The minimum atomic E-state index is 1.03. The Kier molecular flexibility index (Phi) is 3.70. The first kappa shape index (κ1) is 10.8. The molecule has 0 radical (unpaired) electrons. The van der Waals surface area contributed by atoms with Gasteiger partial charge in [-0.3, -0.25) is 0 Å². The lowest BCUT2D eigenvalue weighted by Crippen LogP contribution is -1.91. The fraction of sp³-hybridized carbons (Fsp3) is 0.286. The SMILES string of the molecule is C=C(C)C(C)=C(C)Cc1ccccc1. The van der Waals surface area contributed by atoms with Crippen LogP contribution in [0.4, 0.5) is 0 Å². The average molecular weight is 186 g/mol. The van der Waals surface area contributed by atoms with Gasteiger partial charge in [-0.1, -0.05) is 48.1 Å². The third-order valence-corrected chi connectivity index (χ3v) is 2.59. The van der Waals surface area contributed by atoms with Gasteiger partial charge in [0.25, 0.3) is 0 Å². The normalized spacial score (nSPS) is 12.2. The first-order chi connectivity index (χ1) is 6.61. The number of hydrogen-bond acceptors (Lipinski definition) is 0. The highest BCUT2D eigenvalue weighted by Gasteiger charge is 1.99. The molecule has 14 heavy (non-hydrogen) atoms. The first-order valence-corrected chi connectivity index (χ1v) is 4.97. The Morgan fingerprint density at radius 2 is 1.64 bits per heavy atom. The van der Waals surface area contributed by atoms with Gasteiger partial charge >= 0.3 is 0 Å². The molecule has 0 N–H and O–H groups in total. The van der Waals surface area contributed by atoms with E-state index in [2.05, 4.69) is 51.6 Å². The van der Waals surface area contributed by atoms with Crippen LogP contribution in [-0.4, -0.2) is 0 Å². The summed E-state index contributed by atoms with van der Waals surface area (Å²) in [7, 11) is 0. The van der Waals surface area contributed by atoms with Gasteiger partial charge < -0.3 is 0 Å². The number of allylic oxidation sites excluding steroid dienone is 3. The molecule has 0 bridgehead atoms. The second kappa shape index (κ2) is 4.80. The maximum Gasteiger partial charge on any atom is -0.00641 e. The summed E-state index contributed by atoms with van der Waals surface area (Å²) in [5, 5.41) is 0. The van der Waals surface area contributed by atoms with E-state index < -0.39 is 0 Å². The van der Waals surface area contributed by atoms with E-state index in [1.807, 2.05) is 6.07 Å². The van der Waals surface area contributed by atoms with Crippen molar-refractivity contribution < 1.29 is 0 Å². The maximum absolute atomic E-state index is 3.96. The summed E-state index contributed by atoms with van der Waals surface area (Å²) in [5.74, 6) is 0. The smallest absolute Gasteiger partial charge is 0.00641 e. The van der Waals surface area contributed by atoms with E-state index in [4.69, 9.17) is 0 Å². The van der Waals surface area contributed by atoms with Crippen molar-refractivity contribution in [3.63, 3.8) is 0 Å². The Morgan fingerprint density at radius 3 is 2.14 bits per heavy atom. The Labute approximate surface area is 87.0 Å². The summed E-state index contributed by atoms with van der Waals surface area (Å²) in [5.41, 5.74) is 5.27. The van der Waals surface area contributed by atoms with E-state index in [1.54, 1.807) is 0 Å². The maximum atomic E-state index is 3.96. The summed E-state index contributed by atoms with van der Waals surface area (Å²) in [6.07, 6.45) is 1.03. The predicted octanol–water partition coefficient (Wildman–Crippen LogP) is 4.14. The van der Waals surface area contributed by atoms with Crippen molar-refractivity contribution in [1.29, 1.82) is 0 Å². The van der Waals surface area contributed by atoms with Crippen LogP contribution in [0.2, 0.25) is 0 Å². The van der Waals surface area contributed by atoms with Crippen LogP contribution in [0.25, 0.3) is 0 Å². The molecule has 0 nitrogen and oxygen atoms in total. The lowest BCUT2D eigenvalue weighted by Gasteiger charge is -2.07. The van der Waals surface area contributed by atoms with Gasteiger partial charge in [0.05, 0.1) is 0 Å². The van der Waals surface area contributed by atoms with Crippen LogP contribution < -0.4 is 0 Å². The van der Waals surface area contributed by atoms with Gasteiger partial charge in [0, 0.05) is 0 Å². The highest BCUT2D eigenvalue weighted by Crippen LogP contribution is 2.16. The van der Waals surface area contributed by atoms with Crippen molar-refractivity contribution in [2.24, 2.45) is 0 Å². The Balaban J connectivity index is 2.80. The Hall–Kier alpha value is -1.30. The van der Waals surface area contributed by atoms with E-state index in [0.29, 0.717) is 0 Å². The molecule has 0 aliphatic rings. The number of benzene rings is 1. The lowest BCUT2D eigenvalue weighted by atomic mass is 9.99. The Morgan fingerprint density at radius 1 is 1.07 bits per heavy atom. The molecule has 0 saturated heterocycles. The van der Waals surface area contributed by atoms with Crippen molar-refractivity contribution in [3.05, 3.63) is 59.2 Å². The second-order valence-electron chi connectivity index (χ2n) is 3.85. The van der Waals surface area contributed by atoms with Crippen LogP contribution in [-0.2, 0) is 6.42 Å². The summed E-state index contributed by atoms with van der Waals surface area (Å²) in [4.78, 5) is 0. The van der Waals surface area contributed by atoms with Crippen molar-refractivity contribution in [3.8, 4) is 0 Å². The summed E-state index contributed by atoms with van der Waals surface area (Å²) in [6, 6.07) is 10.5. The monoisotopic (exact) mass is 186 g/mol. The molecule has 0 amide bonds. The molecule has 0 fully saturated rings. The van der Waals surface area contributed by atoms with Crippen LogP contribution in [0.1, 0.15) is 26.3 Å². The molecule has 0 atom stereocenters. The zero-order valence-electron chi connectivity index (χ0n) is 9.30. The van der Waals surface area contributed by atoms with Crippen LogP contribution >= 0.6 is 0 Å². The highest BCUT2D eigenvalue weighted by atomic mass is 14.0. The minimum Gasteiger partial charge on any atom is -0.0959 e. The van der Waals surface area contributed by atoms with E-state index in [0.717, 1.165) is 6.42 Å². The molecule has 0 heterocycles. The molecule has 0 spiro atoms. The van der Waals surface area contributed by atoms with Gasteiger partial charge in [-0.05, 0) is 38.3 Å². The summed E-state index contributed by atoms with van der Waals surface area (Å²) >= 11 is 0. The second-order valence-corrected chi connectivity index (χ2v) is 3.85. The molecule has 0 saturated carbocycles. The highest BCUT2D eigenvalue weighted by molar-refractivity contribution is 5.32. The summed E-state index contributed by atoms with van der Waals surface area (Å²) in [6.45, 7) is 10.3. The van der Waals surface area contributed by atoms with Crippen molar-refractivity contribution in [1.82, 2.24) is 0 Å². The first-order valence-electron chi connectivity index (χ1n) is 4.97. The van der Waals surface area contributed by atoms with E-state index >= 15 is 0 Å². The average Bonchev–Trinajstić information content (AvgIpc) is 2.18. The molecular formula is C14H18. The fourth-order valence-electron chi connectivity index (χ4n) is 1.40. The topological polar surface area (TPSA) is 0 Å². The van der Waals surface area contributed by atoms with E-state index in [9.17, 15) is 0 Å². The number of rotatable bonds is 3. The van der Waals surface area contributed by atoms with Gasteiger partial charge in [-0.25, -0.2) is 0 Å². The molecule has 0 aromatic heterocycles. The molecule has 74 valence electrons. The standard InChI is InChI=1S/C14H18/c1-11(2)13(4)12(3)10-14-8-6-5-7-9-14/h5-9H,1,10H2,2-4H3. The van der Waals surface area contributed by atoms with Crippen molar-refractivity contribution >= 4 is 0 Å². The molecule has 0 aliphatic carbocycles. The third kappa shape index (κ3) is 2.88. The van der Waals surface area contributed by atoms with Gasteiger partial charge in [-0.2, -0.15) is 0 Å². The number of hydrogen-bond donors (Lipinski definition) is 0. The molecular weight excluding hydrogens is 168 g/mol. The van der Waals surface area contributed by atoms with Gasteiger partial charge in [0.15, 0.2) is 0 Å². The van der Waals surface area contributed by atoms with Crippen LogP contribution in [0.15, 0.2) is 53.6 Å². The third-order valence-electron chi connectivity index (χ3n) is 2.59. The van der Waals surface area contributed by atoms with Crippen LogP contribution in [0, 0.1) is 0 Å². The van der Waals surface area contributed by atoms with Crippen molar-refractivity contribution in [2.75, 3.05) is 0 Å². The van der Waals surface area contributed by atoms with Crippen LogP contribution in [0.5, 0.6) is 0 Å². The van der Waals surface area contributed by atoms with Gasteiger partial charge in [-0.15, -0.1) is 0 Å². The summed E-state index contributed by atoms with van der Waals surface area (Å²) < 4.78 is 0. The molecule has 1 aromatic rings. The zero-order chi connectivity index (χ0) is 10.6. The Bertz CT molecular complexity index is 342. The largest absolute Gasteiger partial charge is 0.0959 e. The van der Waals surface area contributed by atoms with Crippen molar-refractivity contribution in [2.45, 2.75) is 27.2 Å². The van der Waals surface area contributed by atoms with E-state index in [1.165, 1.54) is 22.3 Å². The van der Waals surface area contributed by atoms with E-state index in [-0.39, 0.29) is 0 Å².